The van der Waals surface area contributed by atoms with Gasteiger partial charge in [0.05, 0.1) is 0 Å². The van der Waals surface area contributed by atoms with Crippen molar-refractivity contribution in [3.05, 3.63) is 0 Å². The molecule has 0 bridgehead atoms. The molecule has 1 aliphatic heterocycles. The Morgan fingerprint density at radius 2 is 2.20 bits per heavy atom. The van der Waals surface area contributed by atoms with E-state index in [2.05, 4.69) is 5.32 Å². The smallest absolute Gasteiger partial charge is 0.222 e. The molecule has 0 aromatic rings. The van der Waals surface area contributed by atoms with Gasteiger partial charge in [0.2, 0.25) is 5.91 Å². The molecule has 1 aliphatic carbocycles. The van der Waals surface area contributed by atoms with E-state index in [0.717, 1.165) is 38.3 Å². The molecule has 1 unspecified atom stereocenters. The van der Waals surface area contributed by atoms with E-state index in [-0.39, 0.29) is 0 Å². The zero-order valence-electron chi connectivity index (χ0n) is 9.67. The highest BCUT2D eigenvalue weighted by molar-refractivity contribution is 5.76. The van der Waals surface area contributed by atoms with E-state index in [1.165, 1.54) is 19.3 Å². The summed E-state index contributed by atoms with van der Waals surface area (Å²) in [5.41, 5.74) is 0. The van der Waals surface area contributed by atoms with Crippen LogP contribution >= 0.6 is 0 Å². The molecule has 2 aliphatic rings. The van der Waals surface area contributed by atoms with E-state index in [0.29, 0.717) is 11.9 Å². The number of carbonyl (C=O) groups is 1. The van der Waals surface area contributed by atoms with Gasteiger partial charge in [-0.1, -0.05) is 19.3 Å². The first kappa shape index (κ1) is 10.9. The second kappa shape index (κ2) is 4.97. The van der Waals surface area contributed by atoms with Gasteiger partial charge < -0.3 is 10.2 Å². The maximum atomic E-state index is 11.9. The molecular formula is C12H22N2O. The first-order chi connectivity index (χ1) is 7.27. The summed E-state index contributed by atoms with van der Waals surface area (Å²) >= 11 is 0. The molecule has 1 saturated carbocycles. The zero-order valence-corrected chi connectivity index (χ0v) is 9.67. The van der Waals surface area contributed by atoms with Crippen LogP contribution in [0.25, 0.3) is 0 Å². The second-order valence-electron chi connectivity index (χ2n) is 4.99. The maximum Gasteiger partial charge on any atom is 0.222 e. The lowest BCUT2D eigenvalue weighted by molar-refractivity contribution is -0.132. The predicted molar refractivity (Wildman–Crippen MR) is 60.6 cm³/mol. The molecule has 1 atom stereocenters. The molecule has 0 aromatic carbocycles. The highest BCUT2D eigenvalue weighted by atomic mass is 16.2. The van der Waals surface area contributed by atoms with Crippen LogP contribution in [-0.2, 0) is 4.79 Å². The molecule has 0 spiro atoms. The molecule has 86 valence electrons. The zero-order chi connectivity index (χ0) is 10.7. The van der Waals surface area contributed by atoms with E-state index in [4.69, 9.17) is 0 Å². The van der Waals surface area contributed by atoms with Gasteiger partial charge in [-0.2, -0.15) is 0 Å². The van der Waals surface area contributed by atoms with Crippen molar-refractivity contribution in [2.75, 3.05) is 20.1 Å². The minimum absolute atomic E-state index is 0.343. The predicted octanol–water partition coefficient (Wildman–Crippen LogP) is 1.39. The fraction of sp³-hybridized carbons (Fsp3) is 0.917. The number of likely N-dealkylation sites (N-methyl/N-ethyl adjacent to an activating group) is 1. The highest BCUT2D eigenvalue weighted by Gasteiger charge is 2.24. The van der Waals surface area contributed by atoms with Gasteiger partial charge in [0, 0.05) is 26.1 Å². The molecule has 2 fully saturated rings. The lowest BCUT2D eigenvalue weighted by atomic mass is 9.82. The van der Waals surface area contributed by atoms with E-state index in [9.17, 15) is 4.79 Å². The summed E-state index contributed by atoms with van der Waals surface area (Å²) in [4.78, 5) is 13.8. The van der Waals surface area contributed by atoms with Crippen molar-refractivity contribution in [3.8, 4) is 0 Å². The Morgan fingerprint density at radius 3 is 2.73 bits per heavy atom. The highest BCUT2D eigenvalue weighted by Crippen LogP contribution is 2.30. The van der Waals surface area contributed by atoms with Gasteiger partial charge in [0.25, 0.3) is 0 Å². The normalized spacial score (nSPS) is 26.3. The molecule has 3 nitrogen and oxygen atoms in total. The van der Waals surface area contributed by atoms with Crippen LogP contribution in [-0.4, -0.2) is 37.0 Å². The molecule has 1 saturated heterocycles. The molecule has 0 aromatic heterocycles. The number of hydrogen-bond donors (Lipinski definition) is 1. The summed E-state index contributed by atoms with van der Waals surface area (Å²) in [6.07, 6.45) is 7.07. The molecule has 2 rings (SSSR count). The Labute approximate surface area is 92.2 Å². The molecule has 1 N–H and O–H groups in total. The maximum absolute atomic E-state index is 11.9. The number of rotatable bonds is 4. The Morgan fingerprint density at radius 1 is 1.40 bits per heavy atom. The third-order valence-electron chi connectivity index (χ3n) is 3.97. The van der Waals surface area contributed by atoms with E-state index >= 15 is 0 Å². The molecule has 3 heteroatoms. The van der Waals surface area contributed by atoms with Crippen LogP contribution in [0.2, 0.25) is 0 Å². The quantitative estimate of drug-likeness (QED) is 0.760. The van der Waals surface area contributed by atoms with Crippen molar-refractivity contribution in [1.29, 1.82) is 0 Å². The van der Waals surface area contributed by atoms with E-state index in [1.54, 1.807) is 0 Å². The van der Waals surface area contributed by atoms with Gasteiger partial charge in [-0.05, 0) is 25.3 Å². The Balaban J connectivity index is 1.68. The van der Waals surface area contributed by atoms with Crippen molar-refractivity contribution >= 4 is 5.91 Å². The van der Waals surface area contributed by atoms with Gasteiger partial charge in [0.15, 0.2) is 0 Å². The lowest BCUT2D eigenvalue weighted by Gasteiger charge is -2.28. The summed E-state index contributed by atoms with van der Waals surface area (Å²) in [6.45, 7) is 2.04. The minimum atomic E-state index is 0.343. The van der Waals surface area contributed by atoms with Crippen LogP contribution in [0.15, 0.2) is 0 Å². The largest absolute Gasteiger partial charge is 0.341 e. The standard InChI is InChI=1S/C12H22N2O/c1-14(11-7-8-13-9-11)12(15)6-5-10-3-2-4-10/h10-11,13H,2-9H2,1H3. The van der Waals surface area contributed by atoms with Gasteiger partial charge in [-0.25, -0.2) is 0 Å². The van der Waals surface area contributed by atoms with Gasteiger partial charge in [-0.15, -0.1) is 0 Å². The summed E-state index contributed by atoms with van der Waals surface area (Å²) in [5, 5.41) is 3.30. The average Bonchev–Trinajstić information content (AvgIpc) is 2.66. The fourth-order valence-corrected chi connectivity index (χ4v) is 2.46. The van der Waals surface area contributed by atoms with Crippen LogP contribution < -0.4 is 5.32 Å². The number of nitrogens with zero attached hydrogens (tertiary/aromatic N) is 1. The first-order valence-electron chi connectivity index (χ1n) is 6.24. The van der Waals surface area contributed by atoms with Crippen LogP contribution in [0.3, 0.4) is 0 Å². The van der Waals surface area contributed by atoms with Crippen molar-refractivity contribution in [1.82, 2.24) is 10.2 Å². The summed E-state index contributed by atoms with van der Waals surface area (Å²) in [6, 6.07) is 0.443. The monoisotopic (exact) mass is 210 g/mol. The van der Waals surface area contributed by atoms with Crippen LogP contribution in [0.1, 0.15) is 38.5 Å². The van der Waals surface area contributed by atoms with E-state index < -0.39 is 0 Å². The van der Waals surface area contributed by atoms with Gasteiger partial charge in [0.1, 0.15) is 0 Å². The van der Waals surface area contributed by atoms with Crippen molar-refractivity contribution in [3.63, 3.8) is 0 Å². The van der Waals surface area contributed by atoms with Gasteiger partial charge >= 0.3 is 0 Å². The third-order valence-corrected chi connectivity index (χ3v) is 3.97. The lowest BCUT2D eigenvalue weighted by Crippen LogP contribution is -2.38. The second-order valence-corrected chi connectivity index (χ2v) is 4.99. The fourth-order valence-electron chi connectivity index (χ4n) is 2.46. The SMILES string of the molecule is CN(C(=O)CCC1CCC1)C1CCNC1. The van der Waals surface area contributed by atoms with Crippen molar-refractivity contribution < 1.29 is 4.79 Å². The number of carbonyl (C=O) groups excluding carboxylic acids is 1. The molecule has 1 heterocycles. The Bertz CT molecular complexity index is 220. The number of amides is 1. The summed E-state index contributed by atoms with van der Waals surface area (Å²) in [5.74, 6) is 1.19. The average molecular weight is 210 g/mol. The first-order valence-corrected chi connectivity index (χ1v) is 6.24. The Hall–Kier alpha value is -0.570. The van der Waals surface area contributed by atoms with Crippen molar-refractivity contribution in [2.24, 2.45) is 5.92 Å². The molecular weight excluding hydrogens is 188 g/mol. The minimum Gasteiger partial charge on any atom is -0.341 e. The van der Waals surface area contributed by atoms with Crippen LogP contribution in [0, 0.1) is 5.92 Å². The molecule has 1 amide bonds. The summed E-state index contributed by atoms with van der Waals surface area (Å²) < 4.78 is 0. The van der Waals surface area contributed by atoms with Crippen molar-refractivity contribution in [2.45, 2.75) is 44.6 Å². The Kier molecular flexibility index (Phi) is 3.62. The number of nitrogens with one attached hydrogen (secondary N) is 1. The van der Waals surface area contributed by atoms with Gasteiger partial charge in [-0.3, -0.25) is 4.79 Å². The molecule has 0 radical (unpaired) electrons. The van der Waals surface area contributed by atoms with Crippen LogP contribution in [0.5, 0.6) is 0 Å². The topological polar surface area (TPSA) is 32.3 Å². The molecule has 15 heavy (non-hydrogen) atoms. The summed E-state index contributed by atoms with van der Waals surface area (Å²) in [7, 11) is 1.96. The number of hydrogen-bond acceptors (Lipinski definition) is 2. The van der Waals surface area contributed by atoms with E-state index in [1.807, 2.05) is 11.9 Å². The third kappa shape index (κ3) is 2.71. The van der Waals surface area contributed by atoms with Crippen LogP contribution in [0.4, 0.5) is 0 Å².